The Bertz CT molecular complexity index is 672. The van der Waals surface area contributed by atoms with Gasteiger partial charge in [-0.25, -0.2) is 17.9 Å². The summed E-state index contributed by atoms with van der Waals surface area (Å²) >= 11 is 4.95. The monoisotopic (exact) mass is 341 g/mol. The van der Waals surface area contributed by atoms with Crippen molar-refractivity contribution in [1.82, 2.24) is 4.72 Å². The number of hydrogen-bond acceptors (Lipinski definition) is 3. The Balaban J connectivity index is 3.26. The van der Waals surface area contributed by atoms with Gasteiger partial charge in [0.05, 0.1) is 5.56 Å². The Kier molecular flexibility index (Phi) is 4.25. The molecule has 0 saturated carbocycles. The second-order valence-electron chi connectivity index (χ2n) is 3.23. The first-order valence-electron chi connectivity index (χ1n) is 4.35. The summed E-state index contributed by atoms with van der Waals surface area (Å²) in [6.07, 6.45) is 0. The summed E-state index contributed by atoms with van der Waals surface area (Å²) < 4.78 is 96.5. The molecule has 1 amide bonds. The molecule has 112 valence electrons. The maximum atomic E-state index is 13.3. The van der Waals surface area contributed by atoms with Crippen LogP contribution >= 0.6 is 11.6 Å². The van der Waals surface area contributed by atoms with Crippen LogP contribution in [-0.2, 0) is 10.0 Å². The first-order chi connectivity index (χ1) is 8.88. The molecular formula is C8H2ClF6NO3S. The Morgan fingerprint density at radius 3 is 2.10 bits per heavy atom. The van der Waals surface area contributed by atoms with E-state index < -0.39 is 49.5 Å². The fraction of sp³-hybridized carbons (Fsp3) is 0.125. The maximum Gasteiger partial charge on any atom is 0.516 e. The van der Waals surface area contributed by atoms with E-state index in [1.807, 2.05) is 0 Å². The molecular weight excluding hydrogens is 340 g/mol. The van der Waals surface area contributed by atoms with Crippen LogP contribution in [0, 0.1) is 17.5 Å². The number of carbonyl (C=O) groups excluding carboxylic acids is 1. The molecule has 0 bridgehead atoms. The topological polar surface area (TPSA) is 63.2 Å². The first kappa shape index (κ1) is 16.6. The summed E-state index contributed by atoms with van der Waals surface area (Å²) in [5, 5.41) is -1.50. The zero-order chi connectivity index (χ0) is 15.9. The molecule has 0 saturated heterocycles. The van der Waals surface area contributed by atoms with E-state index in [4.69, 9.17) is 11.6 Å². The highest BCUT2D eigenvalue weighted by atomic mass is 35.5. The molecule has 0 spiro atoms. The predicted octanol–water partition coefficient (Wildman–Crippen LogP) is 2.34. The van der Waals surface area contributed by atoms with Crippen molar-refractivity contribution in [3.05, 3.63) is 34.1 Å². The first-order valence-corrected chi connectivity index (χ1v) is 6.21. The number of sulfonamides is 1. The van der Waals surface area contributed by atoms with Gasteiger partial charge in [-0.3, -0.25) is 4.79 Å². The molecule has 12 heteroatoms. The van der Waals surface area contributed by atoms with Crippen LogP contribution in [0.25, 0.3) is 0 Å². The molecule has 4 nitrogen and oxygen atoms in total. The average molecular weight is 342 g/mol. The highest BCUT2D eigenvalue weighted by Gasteiger charge is 2.47. The van der Waals surface area contributed by atoms with E-state index in [2.05, 4.69) is 0 Å². The molecule has 1 aromatic rings. The predicted molar refractivity (Wildman–Crippen MR) is 53.8 cm³/mol. The van der Waals surface area contributed by atoms with Crippen LogP contribution in [0.2, 0.25) is 5.02 Å². The molecule has 1 rings (SSSR count). The van der Waals surface area contributed by atoms with E-state index >= 15 is 0 Å². The number of carbonyl (C=O) groups is 1. The number of alkyl halides is 3. The van der Waals surface area contributed by atoms with Crippen LogP contribution in [0.3, 0.4) is 0 Å². The van der Waals surface area contributed by atoms with Gasteiger partial charge in [0.25, 0.3) is 5.91 Å². The minimum Gasteiger partial charge on any atom is -0.268 e. The molecule has 20 heavy (non-hydrogen) atoms. The smallest absolute Gasteiger partial charge is 0.268 e. The Labute approximate surface area is 112 Å². The lowest BCUT2D eigenvalue weighted by Crippen LogP contribution is -2.40. The molecule has 1 aromatic carbocycles. The highest BCUT2D eigenvalue weighted by molar-refractivity contribution is 7.90. The minimum absolute atomic E-state index is 0.127. The number of rotatable bonds is 2. The maximum absolute atomic E-state index is 13.3. The van der Waals surface area contributed by atoms with Gasteiger partial charge in [-0.2, -0.15) is 21.6 Å². The fourth-order valence-electron chi connectivity index (χ4n) is 0.973. The second kappa shape index (κ2) is 5.13. The SMILES string of the molecule is O=C(NS(=O)(=O)C(F)(F)F)c1cc(F)c(F)c(Cl)c1F. The Morgan fingerprint density at radius 2 is 1.65 bits per heavy atom. The van der Waals surface area contributed by atoms with Gasteiger partial charge >= 0.3 is 15.5 Å². The summed E-state index contributed by atoms with van der Waals surface area (Å²) in [4.78, 5) is 11.2. The molecule has 0 radical (unpaired) electrons. The summed E-state index contributed by atoms with van der Waals surface area (Å²) in [7, 11) is -6.12. The minimum atomic E-state index is -6.12. The van der Waals surface area contributed by atoms with Gasteiger partial charge in [-0.1, -0.05) is 11.6 Å². The summed E-state index contributed by atoms with van der Waals surface area (Å²) in [6.45, 7) is 0. The molecule has 0 aromatic heterocycles. The van der Waals surface area contributed by atoms with E-state index in [0.717, 1.165) is 0 Å². The lowest BCUT2D eigenvalue weighted by Gasteiger charge is -2.10. The Morgan fingerprint density at radius 1 is 1.15 bits per heavy atom. The molecule has 0 aliphatic rings. The number of hydrogen-bond donors (Lipinski definition) is 1. The van der Waals surface area contributed by atoms with Gasteiger partial charge in [-0.05, 0) is 6.07 Å². The van der Waals surface area contributed by atoms with E-state index in [0.29, 0.717) is 4.72 Å². The van der Waals surface area contributed by atoms with Crippen LogP contribution in [-0.4, -0.2) is 19.8 Å². The molecule has 0 fully saturated rings. The van der Waals surface area contributed by atoms with Gasteiger partial charge < -0.3 is 0 Å². The number of amides is 1. The summed E-state index contributed by atoms with van der Waals surface area (Å²) in [5.74, 6) is -7.77. The van der Waals surface area contributed by atoms with Crippen molar-refractivity contribution in [3.63, 3.8) is 0 Å². The van der Waals surface area contributed by atoms with E-state index in [1.165, 1.54) is 0 Å². The second-order valence-corrected chi connectivity index (χ2v) is 5.28. The molecule has 1 N–H and O–H groups in total. The van der Waals surface area contributed by atoms with Gasteiger partial charge in [0.15, 0.2) is 17.5 Å². The van der Waals surface area contributed by atoms with E-state index in [1.54, 1.807) is 0 Å². The van der Waals surface area contributed by atoms with Crippen molar-refractivity contribution in [2.24, 2.45) is 0 Å². The molecule has 0 aliphatic heterocycles. The Hall–Kier alpha value is -1.49. The van der Waals surface area contributed by atoms with Gasteiger partial charge in [0.1, 0.15) is 5.02 Å². The van der Waals surface area contributed by atoms with E-state index in [-0.39, 0.29) is 6.07 Å². The highest BCUT2D eigenvalue weighted by Crippen LogP contribution is 2.26. The third-order valence-electron chi connectivity index (χ3n) is 1.88. The van der Waals surface area contributed by atoms with Crippen molar-refractivity contribution in [3.8, 4) is 0 Å². The van der Waals surface area contributed by atoms with Crippen molar-refractivity contribution in [2.45, 2.75) is 5.51 Å². The van der Waals surface area contributed by atoms with Crippen molar-refractivity contribution in [1.29, 1.82) is 0 Å². The number of benzene rings is 1. The van der Waals surface area contributed by atoms with Gasteiger partial charge in [0.2, 0.25) is 0 Å². The molecule has 0 heterocycles. The lowest BCUT2D eigenvalue weighted by molar-refractivity contribution is -0.0446. The fourth-order valence-corrected chi connectivity index (χ4v) is 1.63. The largest absolute Gasteiger partial charge is 0.516 e. The zero-order valence-corrected chi connectivity index (χ0v) is 10.4. The standard InChI is InChI=1S/C8H2ClF6NO3S/c9-4-5(11)2(1-3(10)6(4)12)7(17)16-20(18,19)8(13,14)15/h1H,(H,16,17). The average Bonchev–Trinajstić information content (AvgIpc) is 2.29. The number of nitrogens with one attached hydrogen (secondary N) is 1. The third-order valence-corrected chi connectivity index (χ3v) is 3.27. The van der Waals surface area contributed by atoms with Crippen molar-refractivity contribution in [2.75, 3.05) is 0 Å². The molecule has 0 atom stereocenters. The van der Waals surface area contributed by atoms with Gasteiger partial charge in [0, 0.05) is 0 Å². The molecule has 0 aliphatic carbocycles. The van der Waals surface area contributed by atoms with Crippen LogP contribution in [0.5, 0.6) is 0 Å². The normalized spacial score (nSPS) is 12.3. The molecule has 0 unspecified atom stereocenters. The summed E-state index contributed by atoms with van der Waals surface area (Å²) in [6, 6.07) is -0.127. The quantitative estimate of drug-likeness (QED) is 0.510. The van der Waals surface area contributed by atoms with Crippen LogP contribution in [0.15, 0.2) is 6.07 Å². The van der Waals surface area contributed by atoms with Crippen LogP contribution in [0.1, 0.15) is 10.4 Å². The van der Waals surface area contributed by atoms with Gasteiger partial charge in [-0.15, -0.1) is 0 Å². The third kappa shape index (κ3) is 2.98. The number of halogens is 7. The van der Waals surface area contributed by atoms with E-state index in [9.17, 15) is 39.6 Å². The van der Waals surface area contributed by atoms with Crippen LogP contribution < -0.4 is 4.72 Å². The van der Waals surface area contributed by atoms with Crippen molar-refractivity contribution >= 4 is 27.5 Å². The zero-order valence-electron chi connectivity index (χ0n) is 8.86. The van der Waals surface area contributed by atoms with Crippen LogP contribution in [0.4, 0.5) is 26.3 Å². The van der Waals surface area contributed by atoms with Crippen molar-refractivity contribution < 1.29 is 39.6 Å². The summed E-state index contributed by atoms with van der Waals surface area (Å²) in [5.41, 5.74) is -7.34. The lowest BCUT2D eigenvalue weighted by atomic mass is 10.2.